The maximum absolute atomic E-state index is 6.37. The minimum atomic E-state index is 0.191. The summed E-state index contributed by atoms with van der Waals surface area (Å²) in [7, 11) is 3.34. The maximum atomic E-state index is 6.37. The fourth-order valence-corrected chi connectivity index (χ4v) is 3.78. The van der Waals surface area contributed by atoms with Gasteiger partial charge in [-0.05, 0) is 42.5 Å². The summed E-state index contributed by atoms with van der Waals surface area (Å²) in [6.07, 6.45) is 1.000. The third-order valence-corrected chi connectivity index (χ3v) is 4.93. The third-order valence-electron chi connectivity index (χ3n) is 4.93. The highest BCUT2D eigenvalue weighted by molar-refractivity contribution is 5.44. The van der Waals surface area contributed by atoms with Crippen molar-refractivity contribution >= 4 is 0 Å². The van der Waals surface area contributed by atoms with Crippen LogP contribution in [0.1, 0.15) is 29.0 Å². The monoisotopic (exact) mass is 340 g/mol. The molecule has 4 nitrogen and oxygen atoms in total. The van der Waals surface area contributed by atoms with E-state index in [4.69, 9.17) is 15.2 Å². The van der Waals surface area contributed by atoms with Gasteiger partial charge in [-0.25, -0.2) is 0 Å². The Labute approximate surface area is 150 Å². The van der Waals surface area contributed by atoms with Crippen molar-refractivity contribution in [1.29, 1.82) is 0 Å². The lowest BCUT2D eigenvalue weighted by atomic mass is 9.88. The van der Waals surface area contributed by atoms with Gasteiger partial charge < -0.3 is 15.2 Å². The van der Waals surface area contributed by atoms with Gasteiger partial charge in [-0.2, -0.15) is 0 Å². The first kappa shape index (κ1) is 17.8. The second kappa shape index (κ2) is 7.89. The minimum Gasteiger partial charge on any atom is -0.493 e. The summed E-state index contributed by atoms with van der Waals surface area (Å²) in [6.45, 7) is 5.03. The Morgan fingerprint density at radius 2 is 1.84 bits per heavy atom. The lowest BCUT2D eigenvalue weighted by molar-refractivity contribution is 0.181. The molecule has 0 radical (unpaired) electrons. The van der Waals surface area contributed by atoms with Crippen LogP contribution in [-0.2, 0) is 6.54 Å². The molecule has 3 rings (SSSR count). The summed E-state index contributed by atoms with van der Waals surface area (Å²) in [5.74, 6) is 1.96. The van der Waals surface area contributed by atoms with Crippen LogP contribution in [0.15, 0.2) is 42.5 Å². The number of nitrogens with two attached hydrogens (primary N) is 1. The summed E-state index contributed by atoms with van der Waals surface area (Å²) in [6, 6.07) is 15.1. The lowest BCUT2D eigenvalue weighted by Crippen LogP contribution is -2.45. The standard InChI is InChI=1S/C21H28N2O2/c1-15-5-4-6-16(9-15)12-23-13-18(10-19(22)14-23)17-7-8-20(24-2)21(11-17)25-3/h4-9,11,18-19H,10,12-14,22H2,1-3H3. The average molecular weight is 340 g/mol. The topological polar surface area (TPSA) is 47.7 Å². The predicted molar refractivity (Wildman–Crippen MR) is 101 cm³/mol. The molecule has 0 amide bonds. The largest absolute Gasteiger partial charge is 0.493 e. The van der Waals surface area contributed by atoms with E-state index >= 15 is 0 Å². The van der Waals surface area contributed by atoms with E-state index in [1.807, 2.05) is 6.07 Å². The van der Waals surface area contributed by atoms with Crippen molar-refractivity contribution in [3.05, 3.63) is 59.2 Å². The average Bonchev–Trinajstić information content (AvgIpc) is 2.60. The highest BCUT2D eigenvalue weighted by atomic mass is 16.5. The van der Waals surface area contributed by atoms with Gasteiger partial charge in [-0.3, -0.25) is 4.90 Å². The van der Waals surface area contributed by atoms with E-state index in [-0.39, 0.29) is 6.04 Å². The molecule has 0 bridgehead atoms. The van der Waals surface area contributed by atoms with Crippen LogP contribution in [0, 0.1) is 6.92 Å². The summed E-state index contributed by atoms with van der Waals surface area (Å²) >= 11 is 0. The molecule has 1 heterocycles. The fourth-order valence-electron chi connectivity index (χ4n) is 3.78. The van der Waals surface area contributed by atoms with E-state index in [2.05, 4.69) is 48.2 Å². The second-order valence-corrected chi connectivity index (χ2v) is 6.99. The van der Waals surface area contributed by atoms with Crippen molar-refractivity contribution in [1.82, 2.24) is 4.90 Å². The summed E-state index contributed by atoms with van der Waals surface area (Å²) in [5.41, 5.74) is 10.3. The highest BCUT2D eigenvalue weighted by Crippen LogP contribution is 2.34. The fraction of sp³-hybridized carbons (Fsp3) is 0.429. The summed E-state index contributed by atoms with van der Waals surface area (Å²) in [5, 5.41) is 0. The lowest BCUT2D eigenvalue weighted by Gasteiger charge is -2.36. The van der Waals surface area contributed by atoms with Crippen molar-refractivity contribution in [2.45, 2.75) is 31.8 Å². The molecule has 2 N–H and O–H groups in total. The molecule has 25 heavy (non-hydrogen) atoms. The van der Waals surface area contributed by atoms with Crippen LogP contribution in [0.5, 0.6) is 11.5 Å². The van der Waals surface area contributed by atoms with E-state index in [9.17, 15) is 0 Å². The third kappa shape index (κ3) is 4.33. The van der Waals surface area contributed by atoms with Crippen LogP contribution in [-0.4, -0.2) is 38.3 Å². The molecule has 2 unspecified atom stereocenters. The van der Waals surface area contributed by atoms with Gasteiger partial charge in [0.15, 0.2) is 11.5 Å². The van der Waals surface area contributed by atoms with Gasteiger partial charge >= 0.3 is 0 Å². The SMILES string of the molecule is COc1ccc(C2CC(N)CN(Cc3cccc(C)c3)C2)cc1OC. The summed E-state index contributed by atoms with van der Waals surface area (Å²) < 4.78 is 10.8. The van der Waals surface area contributed by atoms with Gasteiger partial charge in [-0.15, -0.1) is 0 Å². The number of nitrogens with zero attached hydrogens (tertiary/aromatic N) is 1. The molecule has 2 aromatic carbocycles. The van der Waals surface area contributed by atoms with Gasteiger partial charge in [0.05, 0.1) is 14.2 Å². The van der Waals surface area contributed by atoms with Crippen LogP contribution >= 0.6 is 0 Å². The first-order valence-corrected chi connectivity index (χ1v) is 8.84. The van der Waals surface area contributed by atoms with Crippen molar-refractivity contribution < 1.29 is 9.47 Å². The number of aryl methyl sites for hydroxylation is 1. The molecule has 0 aromatic heterocycles. The zero-order chi connectivity index (χ0) is 17.8. The second-order valence-electron chi connectivity index (χ2n) is 6.99. The van der Waals surface area contributed by atoms with Crippen molar-refractivity contribution in [2.24, 2.45) is 5.73 Å². The molecule has 2 atom stereocenters. The minimum absolute atomic E-state index is 0.191. The normalized spacial score (nSPS) is 21.1. The van der Waals surface area contributed by atoms with Crippen LogP contribution < -0.4 is 15.2 Å². The zero-order valence-electron chi connectivity index (χ0n) is 15.4. The van der Waals surface area contributed by atoms with Crippen molar-refractivity contribution in [3.8, 4) is 11.5 Å². The van der Waals surface area contributed by atoms with Gasteiger partial charge in [0.2, 0.25) is 0 Å². The number of hydrogen-bond acceptors (Lipinski definition) is 4. The number of benzene rings is 2. The Bertz CT molecular complexity index is 717. The number of methoxy groups -OCH3 is 2. The van der Waals surface area contributed by atoms with Gasteiger partial charge in [0, 0.05) is 25.7 Å². The molecule has 2 aromatic rings. The highest BCUT2D eigenvalue weighted by Gasteiger charge is 2.27. The summed E-state index contributed by atoms with van der Waals surface area (Å²) in [4.78, 5) is 2.46. The quantitative estimate of drug-likeness (QED) is 0.907. The molecule has 134 valence electrons. The molecular formula is C21H28N2O2. The van der Waals surface area contributed by atoms with E-state index in [0.717, 1.165) is 37.6 Å². The molecule has 0 saturated carbocycles. The van der Waals surface area contributed by atoms with Crippen LogP contribution in [0.2, 0.25) is 0 Å². The number of hydrogen-bond donors (Lipinski definition) is 1. The molecule has 1 fully saturated rings. The Hall–Kier alpha value is -2.04. The molecule has 1 saturated heterocycles. The van der Waals surface area contributed by atoms with Crippen molar-refractivity contribution in [2.75, 3.05) is 27.3 Å². The van der Waals surface area contributed by atoms with Gasteiger partial charge in [0.1, 0.15) is 0 Å². The number of piperidine rings is 1. The predicted octanol–water partition coefficient (Wildman–Crippen LogP) is 3.33. The van der Waals surface area contributed by atoms with E-state index in [0.29, 0.717) is 5.92 Å². The molecule has 1 aliphatic heterocycles. The van der Waals surface area contributed by atoms with Gasteiger partial charge in [0.25, 0.3) is 0 Å². The number of ether oxygens (including phenoxy) is 2. The van der Waals surface area contributed by atoms with Gasteiger partial charge in [-0.1, -0.05) is 35.9 Å². The molecule has 0 spiro atoms. The van der Waals surface area contributed by atoms with E-state index in [1.54, 1.807) is 14.2 Å². The van der Waals surface area contributed by atoms with Crippen LogP contribution in [0.25, 0.3) is 0 Å². The molecule has 1 aliphatic rings. The van der Waals surface area contributed by atoms with Crippen molar-refractivity contribution in [3.63, 3.8) is 0 Å². The first-order valence-electron chi connectivity index (χ1n) is 8.84. The number of likely N-dealkylation sites (tertiary alicyclic amines) is 1. The number of rotatable bonds is 5. The van der Waals surface area contributed by atoms with Crippen LogP contribution in [0.3, 0.4) is 0 Å². The maximum Gasteiger partial charge on any atom is 0.160 e. The van der Waals surface area contributed by atoms with Crippen LogP contribution in [0.4, 0.5) is 0 Å². The Kier molecular flexibility index (Phi) is 5.61. The first-order chi connectivity index (χ1) is 12.1. The molecular weight excluding hydrogens is 312 g/mol. The van der Waals surface area contributed by atoms with E-state index in [1.165, 1.54) is 16.7 Å². The molecule has 0 aliphatic carbocycles. The Balaban J connectivity index is 1.76. The van der Waals surface area contributed by atoms with E-state index < -0.39 is 0 Å². The smallest absolute Gasteiger partial charge is 0.160 e. The Morgan fingerprint density at radius 1 is 1.04 bits per heavy atom. The Morgan fingerprint density at radius 3 is 2.56 bits per heavy atom. The zero-order valence-corrected chi connectivity index (χ0v) is 15.4. The molecule has 4 heteroatoms.